The Morgan fingerprint density at radius 3 is 2.70 bits per heavy atom. The Labute approximate surface area is 64.1 Å². The van der Waals surface area contributed by atoms with Gasteiger partial charge in [-0.3, -0.25) is 0 Å². The Balaban J connectivity index is 3.20. The van der Waals surface area contributed by atoms with Crippen LogP contribution in [0.25, 0.3) is 0 Å². The van der Waals surface area contributed by atoms with Gasteiger partial charge in [-0.05, 0) is 18.2 Å². The predicted octanol–water partition coefficient (Wildman–Crippen LogP) is 1.55. The number of thiol groups is 1. The molecule has 2 nitrogen and oxygen atoms in total. The van der Waals surface area contributed by atoms with Crippen molar-refractivity contribution >= 4 is 12.6 Å². The zero-order valence-corrected chi connectivity index (χ0v) is 5.97. The van der Waals surface area contributed by atoms with E-state index in [0.29, 0.717) is 10.5 Å². The summed E-state index contributed by atoms with van der Waals surface area (Å²) in [4.78, 5) is 0.485. The summed E-state index contributed by atoms with van der Waals surface area (Å²) in [5.41, 5.74) is 0.440. The maximum absolute atomic E-state index is 9.00. The molecule has 1 rings (SSSR count). The molecule has 1 N–H and O–H groups in total. The number of aromatic hydroxyl groups is 1. The van der Waals surface area contributed by atoms with Crippen molar-refractivity contribution in [2.45, 2.75) is 4.90 Å². The molecule has 0 aliphatic rings. The van der Waals surface area contributed by atoms with Crippen molar-refractivity contribution in [3.05, 3.63) is 23.8 Å². The van der Waals surface area contributed by atoms with Gasteiger partial charge in [0.2, 0.25) is 0 Å². The highest BCUT2D eigenvalue weighted by atomic mass is 32.1. The van der Waals surface area contributed by atoms with Crippen LogP contribution in [0.1, 0.15) is 5.56 Å². The Morgan fingerprint density at radius 2 is 2.20 bits per heavy atom. The maximum atomic E-state index is 9.00. The molecule has 1 aromatic rings. The number of phenols is 1. The van der Waals surface area contributed by atoms with E-state index in [-0.39, 0.29) is 5.75 Å². The van der Waals surface area contributed by atoms with E-state index in [1.807, 2.05) is 6.07 Å². The first-order valence-corrected chi connectivity index (χ1v) is 3.11. The van der Waals surface area contributed by atoms with E-state index in [4.69, 9.17) is 10.4 Å². The molecule has 0 amide bonds. The Hall–Kier alpha value is -1.14. The predicted molar refractivity (Wildman–Crippen MR) is 40.1 cm³/mol. The van der Waals surface area contributed by atoms with E-state index < -0.39 is 0 Å². The van der Waals surface area contributed by atoms with Crippen LogP contribution in [0.15, 0.2) is 23.1 Å². The van der Waals surface area contributed by atoms with Crippen molar-refractivity contribution in [2.24, 2.45) is 0 Å². The van der Waals surface area contributed by atoms with Crippen LogP contribution in [-0.4, -0.2) is 5.11 Å². The van der Waals surface area contributed by atoms with E-state index in [1.165, 1.54) is 6.07 Å². The lowest BCUT2D eigenvalue weighted by molar-refractivity contribution is 0.462. The van der Waals surface area contributed by atoms with Gasteiger partial charge in [0.25, 0.3) is 0 Å². The molecule has 0 fully saturated rings. The monoisotopic (exact) mass is 151 g/mol. The zero-order valence-electron chi connectivity index (χ0n) is 5.07. The number of nitrogens with zero attached hydrogens (tertiary/aromatic N) is 1. The third-order valence-electron chi connectivity index (χ3n) is 1.10. The average molecular weight is 151 g/mol. The summed E-state index contributed by atoms with van der Waals surface area (Å²) < 4.78 is 0. The molecule has 0 aromatic heterocycles. The van der Waals surface area contributed by atoms with Crippen LogP contribution in [-0.2, 0) is 0 Å². The highest BCUT2D eigenvalue weighted by Gasteiger charge is 1.96. The lowest BCUT2D eigenvalue weighted by Crippen LogP contribution is -1.73. The molecule has 0 saturated carbocycles. The first kappa shape index (κ1) is 6.97. The Bertz CT molecular complexity index is 290. The number of rotatable bonds is 0. The molecule has 3 heteroatoms. The fourth-order valence-electron chi connectivity index (χ4n) is 0.593. The molecule has 10 heavy (non-hydrogen) atoms. The van der Waals surface area contributed by atoms with E-state index >= 15 is 0 Å². The summed E-state index contributed by atoms with van der Waals surface area (Å²) in [6, 6.07) is 6.46. The highest BCUT2D eigenvalue weighted by Crippen LogP contribution is 2.21. The fourth-order valence-corrected chi connectivity index (χ4v) is 0.732. The summed E-state index contributed by atoms with van der Waals surface area (Å²) in [7, 11) is 0. The summed E-state index contributed by atoms with van der Waals surface area (Å²) in [6.07, 6.45) is 0. The lowest BCUT2D eigenvalue weighted by Gasteiger charge is -1.94. The molecule has 0 aliphatic carbocycles. The van der Waals surface area contributed by atoms with Crippen molar-refractivity contribution in [1.82, 2.24) is 0 Å². The summed E-state index contributed by atoms with van der Waals surface area (Å²) in [5, 5.41) is 17.4. The molecule has 0 unspecified atom stereocenters. The second-order valence-electron chi connectivity index (χ2n) is 1.82. The molecule has 0 heterocycles. The molecule has 0 aliphatic heterocycles. The third kappa shape index (κ3) is 1.23. The van der Waals surface area contributed by atoms with Crippen LogP contribution in [0.3, 0.4) is 0 Å². The summed E-state index contributed by atoms with van der Waals surface area (Å²) in [5.74, 6) is 0.0439. The van der Waals surface area contributed by atoms with Gasteiger partial charge in [-0.25, -0.2) is 0 Å². The largest absolute Gasteiger partial charge is 0.507 e. The van der Waals surface area contributed by atoms with Gasteiger partial charge < -0.3 is 5.11 Å². The molecule has 0 bridgehead atoms. The normalized spacial score (nSPS) is 8.80. The van der Waals surface area contributed by atoms with Gasteiger partial charge in [0.15, 0.2) is 0 Å². The van der Waals surface area contributed by atoms with Crippen LogP contribution < -0.4 is 0 Å². The van der Waals surface area contributed by atoms with Crippen molar-refractivity contribution < 1.29 is 5.11 Å². The molecule has 0 saturated heterocycles. The van der Waals surface area contributed by atoms with Gasteiger partial charge in [-0.1, -0.05) is 0 Å². The number of nitriles is 1. The number of hydrogen-bond acceptors (Lipinski definition) is 3. The van der Waals surface area contributed by atoms with Crippen LogP contribution in [0.5, 0.6) is 5.75 Å². The maximum Gasteiger partial charge on any atom is 0.130 e. The van der Waals surface area contributed by atoms with Crippen LogP contribution in [0, 0.1) is 11.3 Å². The minimum Gasteiger partial charge on any atom is -0.507 e. The first-order chi connectivity index (χ1) is 4.74. The molecule has 1 aromatic carbocycles. The van der Waals surface area contributed by atoms with E-state index in [9.17, 15) is 0 Å². The Kier molecular flexibility index (Phi) is 1.83. The fraction of sp³-hybridized carbons (Fsp3) is 0. The van der Waals surface area contributed by atoms with Gasteiger partial charge >= 0.3 is 0 Å². The number of benzene rings is 1. The van der Waals surface area contributed by atoms with Crippen molar-refractivity contribution in [1.29, 1.82) is 5.26 Å². The first-order valence-electron chi connectivity index (χ1n) is 2.66. The molecule has 50 valence electrons. The van der Waals surface area contributed by atoms with Crippen LogP contribution >= 0.6 is 12.6 Å². The second-order valence-corrected chi connectivity index (χ2v) is 2.30. The molecular weight excluding hydrogens is 146 g/mol. The van der Waals surface area contributed by atoms with Crippen molar-refractivity contribution in [2.75, 3.05) is 0 Å². The average Bonchev–Trinajstić information content (AvgIpc) is 1.95. The van der Waals surface area contributed by atoms with Gasteiger partial charge in [0, 0.05) is 4.90 Å². The van der Waals surface area contributed by atoms with Crippen LogP contribution in [0.2, 0.25) is 0 Å². The lowest BCUT2D eigenvalue weighted by atomic mass is 10.2. The smallest absolute Gasteiger partial charge is 0.130 e. The van der Waals surface area contributed by atoms with Gasteiger partial charge in [-0.15, -0.1) is 12.6 Å². The number of phenolic OH excluding ortho intramolecular Hbond substituents is 1. The molecule has 0 spiro atoms. The van der Waals surface area contributed by atoms with Crippen molar-refractivity contribution in [3.8, 4) is 11.8 Å². The topological polar surface area (TPSA) is 44.0 Å². The highest BCUT2D eigenvalue weighted by molar-refractivity contribution is 7.80. The summed E-state index contributed by atoms with van der Waals surface area (Å²) in [6.45, 7) is 0. The minimum absolute atomic E-state index is 0.0439. The molecule has 0 radical (unpaired) electrons. The third-order valence-corrected chi connectivity index (χ3v) is 1.48. The van der Waals surface area contributed by atoms with E-state index in [2.05, 4.69) is 12.6 Å². The standard InChI is InChI=1S/C7H5NOS/c8-4-5-1-2-7(10)6(9)3-5/h1-3,9-10H. The SMILES string of the molecule is N#Cc1ccc(S)c(O)c1. The second kappa shape index (κ2) is 2.63. The Morgan fingerprint density at radius 1 is 1.50 bits per heavy atom. The van der Waals surface area contributed by atoms with Gasteiger partial charge in [0.1, 0.15) is 5.75 Å². The van der Waals surface area contributed by atoms with E-state index in [1.54, 1.807) is 12.1 Å². The van der Waals surface area contributed by atoms with Crippen molar-refractivity contribution in [3.63, 3.8) is 0 Å². The quantitative estimate of drug-likeness (QED) is 0.552. The summed E-state index contributed by atoms with van der Waals surface area (Å²) >= 11 is 3.92. The van der Waals surface area contributed by atoms with E-state index in [0.717, 1.165) is 0 Å². The van der Waals surface area contributed by atoms with Gasteiger partial charge in [-0.2, -0.15) is 5.26 Å². The molecular formula is C7H5NOS. The number of hydrogen-bond donors (Lipinski definition) is 2. The minimum atomic E-state index is 0.0439. The van der Waals surface area contributed by atoms with Crippen LogP contribution in [0.4, 0.5) is 0 Å². The zero-order chi connectivity index (χ0) is 7.56. The molecule has 0 atom stereocenters. The van der Waals surface area contributed by atoms with Gasteiger partial charge in [0.05, 0.1) is 11.6 Å².